The molecule has 1 atom stereocenters. The molecule has 37 heavy (non-hydrogen) atoms. The van der Waals surface area contributed by atoms with E-state index < -0.39 is 0 Å². The van der Waals surface area contributed by atoms with E-state index in [1.54, 1.807) is 6.07 Å². The van der Waals surface area contributed by atoms with Crippen LogP contribution in [0.2, 0.25) is 0 Å². The molecule has 0 saturated heterocycles. The van der Waals surface area contributed by atoms with Gasteiger partial charge < -0.3 is 9.47 Å². The van der Waals surface area contributed by atoms with Gasteiger partial charge in [-0.15, -0.1) is 0 Å². The lowest BCUT2D eigenvalue weighted by atomic mass is 9.93. The van der Waals surface area contributed by atoms with Gasteiger partial charge in [0.05, 0.1) is 4.88 Å². The predicted molar refractivity (Wildman–Crippen MR) is 149 cm³/mol. The second-order valence-electron chi connectivity index (χ2n) is 9.37. The van der Waals surface area contributed by atoms with Gasteiger partial charge in [-0.3, -0.25) is 9.17 Å². The highest BCUT2D eigenvalue weighted by atomic mass is 32.1. The Morgan fingerprint density at radius 3 is 2.43 bits per heavy atom. The monoisotopic (exact) mass is 505 g/mol. The molecule has 1 aromatic heterocycles. The van der Waals surface area contributed by atoms with Gasteiger partial charge in [0.25, 0.3) is 5.56 Å². The molecule has 1 N–H and O–H groups in total. The standard InChI is InChI=1S/C32H27NO3S/c1-21-18-25(35-20-22-6-3-2-4-7-22)14-15-26(21)27-8-5-9-29-28(27)16-17-30(29)36-24-12-10-23(11-13-24)31-19-32(34)33-37-31/h2-15,18-19,30H,16-17,20H2,1H3,(H,33,34)/t30-/m1/s1. The number of fused-ring (bicyclic) bond motifs is 1. The largest absolute Gasteiger partial charge is 0.489 e. The van der Waals surface area contributed by atoms with E-state index in [1.807, 2.05) is 42.5 Å². The Bertz CT molecular complexity index is 1580. The first-order chi connectivity index (χ1) is 18.1. The number of aromatic nitrogens is 1. The molecule has 0 fully saturated rings. The Hall–Kier alpha value is -4.09. The third-order valence-electron chi connectivity index (χ3n) is 6.89. The Balaban J connectivity index is 1.19. The number of nitrogens with one attached hydrogen (secondary N) is 1. The van der Waals surface area contributed by atoms with Crippen LogP contribution in [0.3, 0.4) is 0 Å². The van der Waals surface area contributed by atoms with Crippen molar-refractivity contribution in [2.75, 3.05) is 0 Å². The SMILES string of the molecule is Cc1cc(OCc2ccccc2)ccc1-c1cccc2c1CC[C@H]2Oc1ccc(-c2cc(=O)[nH]s2)cc1. The normalized spacial score (nSPS) is 14.4. The second-order valence-corrected chi connectivity index (χ2v) is 10.2. The van der Waals surface area contributed by atoms with Crippen LogP contribution in [0, 0.1) is 6.92 Å². The van der Waals surface area contributed by atoms with Crippen LogP contribution < -0.4 is 15.0 Å². The fraction of sp³-hybridized carbons (Fsp3) is 0.156. The van der Waals surface area contributed by atoms with E-state index in [4.69, 9.17) is 9.47 Å². The van der Waals surface area contributed by atoms with Crippen molar-refractivity contribution in [1.29, 1.82) is 0 Å². The zero-order valence-electron chi connectivity index (χ0n) is 20.6. The highest BCUT2D eigenvalue weighted by Gasteiger charge is 2.27. The number of aryl methyl sites for hydroxylation is 1. The molecule has 1 aliphatic rings. The molecular formula is C32H27NO3S. The van der Waals surface area contributed by atoms with E-state index in [0.29, 0.717) is 6.61 Å². The van der Waals surface area contributed by atoms with Gasteiger partial charge in [-0.05, 0) is 95.1 Å². The Labute approximate surface area is 220 Å². The molecule has 5 aromatic rings. The lowest BCUT2D eigenvalue weighted by Crippen LogP contribution is -2.03. The van der Waals surface area contributed by atoms with Crippen molar-refractivity contribution in [3.63, 3.8) is 0 Å². The molecule has 0 amide bonds. The van der Waals surface area contributed by atoms with E-state index in [0.717, 1.165) is 40.3 Å². The van der Waals surface area contributed by atoms with Gasteiger partial charge in [0, 0.05) is 6.07 Å². The summed E-state index contributed by atoms with van der Waals surface area (Å²) < 4.78 is 15.2. The Kier molecular flexibility index (Phi) is 6.37. The van der Waals surface area contributed by atoms with Gasteiger partial charge in [0.15, 0.2) is 0 Å². The average molecular weight is 506 g/mol. The van der Waals surface area contributed by atoms with Crippen molar-refractivity contribution in [2.45, 2.75) is 32.5 Å². The maximum Gasteiger partial charge on any atom is 0.258 e. The summed E-state index contributed by atoms with van der Waals surface area (Å²) >= 11 is 1.35. The summed E-state index contributed by atoms with van der Waals surface area (Å²) in [4.78, 5) is 12.4. The van der Waals surface area contributed by atoms with Crippen LogP contribution in [0.5, 0.6) is 11.5 Å². The first-order valence-electron chi connectivity index (χ1n) is 12.5. The fourth-order valence-corrected chi connectivity index (χ4v) is 5.74. The molecule has 6 rings (SSSR count). The van der Waals surface area contributed by atoms with E-state index >= 15 is 0 Å². The molecule has 1 aliphatic carbocycles. The van der Waals surface area contributed by atoms with Crippen molar-refractivity contribution in [3.05, 3.63) is 130 Å². The molecular weight excluding hydrogens is 478 g/mol. The molecule has 4 aromatic carbocycles. The molecule has 0 unspecified atom stereocenters. The molecule has 184 valence electrons. The van der Waals surface area contributed by atoms with Crippen LogP contribution in [-0.4, -0.2) is 4.37 Å². The molecule has 0 spiro atoms. The summed E-state index contributed by atoms with van der Waals surface area (Å²) in [7, 11) is 0. The molecule has 0 bridgehead atoms. The number of benzene rings is 4. The summed E-state index contributed by atoms with van der Waals surface area (Å²) in [5, 5.41) is 0. The van der Waals surface area contributed by atoms with Gasteiger partial charge in [0.1, 0.15) is 24.2 Å². The lowest BCUT2D eigenvalue weighted by molar-refractivity contribution is 0.207. The van der Waals surface area contributed by atoms with Crippen LogP contribution in [0.1, 0.15) is 34.8 Å². The molecule has 4 nitrogen and oxygen atoms in total. The van der Waals surface area contributed by atoms with Crippen LogP contribution in [0.15, 0.2) is 102 Å². The lowest BCUT2D eigenvalue weighted by Gasteiger charge is -2.17. The van der Waals surface area contributed by atoms with Gasteiger partial charge in [-0.25, -0.2) is 0 Å². The highest BCUT2D eigenvalue weighted by molar-refractivity contribution is 7.09. The van der Waals surface area contributed by atoms with Crippen LogP contribution >= 0.6 is 11.5 Å². The summed E-state index contributed by atoms with van der Waals surface area (Å²) in [5.41, 5.74) is 8.43. The Morgan fingerprint density at radius 1 is 0.865 bits per heavy atom. The Morgan fingerprint density at radius 2 is 1.68 bits per heavy atom. The van der Waals surface area contributed by atoms with E-state index in [9.17, 15) is 4.79 Å². The minimum Gasteiger partial charge on any atom is -0.489 e. The zero-order valence-corrected chi connectivity index (χ0v) is 21.4. The van der Waals surface area contributed by atoms with Gasteiger partial charge >= 0.3 is 0 Å². The van der Waals surface area contributed by atoms with Crippen LogP contribution in [0.4, 0.5) is 0 Å². The second kappa shape index (κ2) is 10.1. The average Bonchev–Trinajstić information content (AvgIpc) is 3.55. The zero-order chi connectivity index (χ0) is 25.2. The van der Waals surface area contributed by atoms with Crippen molar-refractivity contribution in [1.82, 2.24) is 4.37 Å². The summed E-state index contributed by atoms with van der Waals surface area (Å²) in [6.45, 7) is 2.71. The third-order valence-corrected chi connectivity index (χ3v) is 7.77. The van der Waals surface area contributed by atoms with Crippen molar-refractivity contribution in [2.24, 2.45) is 0 Å². The number of ether oxygens (including phenoxy) is 2. The van der Waals surface area contributed by atoms with Crippen molar-refractivity contribution >= 4 is 11.5 Å². The van der Waals surface area contributed by atoms with Gasteiger partial charge in [-0.1, -0.05) is 66.1 Å². The van der Waals surface area contributed by atoms with Gasteiger partial charge in [-0.2, -0.15) is 0 Å². The third kappa shape index (κ3) is 4.95. The number of hydrogen-bond acceptors (Lipinski definition) is 4. The quantitative estimate of drug-likeness (QED) is 0.246. The van der Waals surface area contributed by atoms with Crippen LogP contribution in [0.25, 0.3) is 21.6 Å². The molecule has 1 heterocycles. The van der Waals surface area contributed by atoms with Crippen LogP contribution in [-0.2, 0) is 13.0 Å². The fourth-order valence-electron chi connectivity index (χ4n) is 5.05. The predicted octanol–water partition coefficient (Wildman–Crippen LogP) is 7.72. The van der Waals surface area contributed by atoms with E-state index in [2.05, 4.69) is 59.8 Å². The maximum atomic E-state index is 11.5. The minimum atomic E-state index is -0.0664. The van der Waals surface area contributed by atoms with E-state index in [1.165, 1.54) is 39.3 Å². The molecule has 0 aliphatic heterocycles. The topological polar surface area (TPSA) is 51.3 Å². The minimum absolute atomic E-state index is 0.0258. The maximum absolute atomic E-state index is 11.5. The first-order valence-corrected chi connectivity index (χ1v) is 13.3. The van der Waals surface area contributed by atoms with E-state index in [-0.39, 0.29) is 11.7 Å². The molecule has 0 saturated carbocycles. The first kappa shape index (κ1) is 23.3. The number of hydrogen-bond donors (Lipinski definition) is 1. The number of rotatable bonds is 7. The molecule has 5 heteroatoms. The van der Waals surface area contributed by atoms with Gasteiger partial charge in [0.2, 0.25) is 0 Å². The summed E-state index contributed by atoms with van der Waals surface area (Å²) in [5.74, 6) is 1.72. The summed E-state index contributed by atoms with van der Waals surface area (Å²) in [6.07, 6.45) is 1.96. The number of H-pyrrole nitrogens is 1. The molecule has 0 radical (unpaired) electrons. The highest BCUT2D eigenvalue weighted by Crippen LogP contribution is 2.41. The smallest absolute Gasteiger partial charge is 0.258 e. The summed E-state index contributed by atoms with van der Waals surface area (Å²) in [6, 6.07) is 32.7. The number of aromatic amines is 1. The van der Waals surface area contributed by atoms with Crippen molar-refractivity contribution < 1.29 is 9.47 Å². The van der Waals surface area contributed by atoms with Crippen molar-refractivity contribution in [3.8, 4) is 33.1 Å².